The number of aryl methyl sites for hydroxylation is 1. The lowest BCUT2D eigenvalue weighted by Gasteiger charge is -2.19. The molecule has 1 heterocycles. The Bertz CT molecular complexity index is 395. The molecule has 0 radical (unpaired) electrons. The highest BCUT2D eigenvalue weighted by Gasteiger charge is 2.23. The number of rotatable bonds is 3. The summed E-state index contributed by atoms with van der Waals surface area (Å²) in [4.78, 5) is 4.15. The van der Waals surface area contributed by atoms with Crippen molar-refractivity contribution in [2.24, 2.45) is 5.92 Å². The fourth-order valence-electron chi connectivity index (χ4n) is 2.34. The number of nitriles is 1. The lowest BCUT2D eigenvalue weighted by atomic mass is 9.96. The smallest absolute Gasteiger partial charge is 0.240 e. The van der Waals surface area contributed by atoms with Gasteiger partial charge in [0.2, 0.25) is 5.89 Å². The van der Waals surface area contributed by atoms with Crippen LogP contribution in [0, 0.1) is 24.2 Å². The van der Waals surface area contributed by atoms with Crippen LogP contribution in [0.2, 0.25) is 0 Å². The largest absolute Gasteiger partial charge is 0.338 e. The minimum absolute atomic E-state index is 0.113. The van der Waals surface area contributed by atoms with Gasteiger partial charge in [0.05, 0.1) is 18.5 Å². The molecule has 0 saturated heterocycles. The van der Waals surface area contributed by atoms with Gasteiger partial charge in [-0.1, -0.05) is 24.4 Å². The van der Waals surface area contributed by atoms with Crippen molar-refractivity contribution < 1.29 is 4.52 Å². The van der Waals surface area contributed by atoms with E-state index in [0.717, 1.165) is 19.3 Å². The van der Waals surface area contributed by atoms with Gasteiger partial charge in [-0.3, -0.25) is 0 Å². The molecule has 1 aliphatic carbocycles. The monoisotopic (exact) mass is 234 g/mol. The average molecular weight is 234 g/mol. The van der Waals surface area contributed by atoms with E-state index in [2.05, 4.69) is 21.5 Å². The van der Waals surface area contributed by atoms with E-state index in [1.807, 2.05) is 0 Å². The van der Waals surface area contributed by atoms with E-state index in [1.54, 1.807) is 6.92 Å². The second-order valence-corrected chi connectivity index (χ2v) is 4.60. The van der Waals surface area contributed by atoms with Crippen molar-refractivity contribution >= 4 is 0 Å². The minimum Gasteiger partial charge on any atom is -0.338 e. The Balaban J connectivity index is 1.90. The van der Waals surface area contributed by atoms with Gasteiger partial charge in [0, 0.05) is 6.04 Å². The molecule has 0 aliphatic heterocycles. The molecule has 1 N–H and O–H groups in total. The summed E-state index contributed by atoms with van der Waals surface area (Å²) in [6.07, 6.45) is 5.65. The molecule has 2 atom stereocenters. The highest BCUT2D eigenvalue weighted by Crippen LogP contribution is 2.23. The van der Waals surface area contributed by atoms with E-state index in [0.29, 0.717) is 18.3 Å². The van der Waals surface area contributed by atoms with Crippen molar-refractivity contribution in [2.75, 3.05) is 0 Å². The van der Waals surface area contributed by atoms with Crippen molar-refractivity contribution in [2.45, 2.75) is 51.6 Å². The summed E-state index contributed by atoms with van der Waals surface area (Å²) in [5, 5.41) is 16.3. The van der Waals surface area contributed by atoms with E-state index < -0.39 is 0 Å². The summed E-state index contributed by atoms with van der Waals surface area (Å²) in [6.45, 7) is 2.36. The van der Waals surface area contributed by atoms with E-state index in [9.17, 15) is 0 Å². The Kier molecular flexibility index (Phi) is 4.10. The molecule has 2 unspecified atom stereocenters. The molecule has 17 heavy (non-hydrogen) atoms. The molecule has 0 amide bonds. The first kappa shape index (κ1) is 12.1. The van der Waals surface area contributed by atoms with Gasteiger partial charge in [0.1, 0.15) is 0 Å². The molecule has 1 aliphatic rings. The summed E-state index contributed by atoms with van der Waals surface area (Å²) in [7, 11) is 0. The first-order valence-electron chi connectivity index (χ1n) is 6.22. The SMILES string of the molecule is Cc1noc(CNC2CCCCCC2C#N)n1. The van der Waals surface area contributed by atoms with E-state index >= 15 is 0 Å². The van der Waals surface area contributed by atoms with Gasteiger partial charge < -0.3 is 9.84 Å². The van der Waals surface area contributed by atoms with Crippen molar-refractivity contribution in [1.82, 2.24) is 15.5 Å². The van der Waals surface area contributed by atoms with Crippen LogP contribution in [0.3, 0.4) is 0 Å². The Hall–Kier alpha value is -1.41. The van der Waals surface area contributed by atoms with Gasteiger partial charge in [0.15, 0.2) is 5.82 Å². The quantitative estimate of drug-likeness (QED) is 0.809. The van der Waals surface area contributed by atoms with Gasteiger partial charge >= 0.3 is 0 Å². The third kappa shape index (κ3) is 3.27. The lowest BCUT2D eigenvalue weighted by molar-refractivity contribution is 0.331. The van der Waals surface area contributed by atoms with Crippen LogP contribution >= 0.6 is 0 Å². The van der Waals surface area contributed by atoms with Crippen molar-refractivity contribution in [1.29, 1.82) is 5.26 Å². The molecule has 92 valence electrons. The number of aromatic nitrogens is 2. The Labute approximate surface area is 101 Å². The summed E-state index contributed by atoms with van der Waals surface area (Å²) >= 11 is 0. The molecule has 1 aromatic heterocycles. The normalized spacial score (nSPS) is 25.2. The molecule has 1 saturated carbocycles. The molecule has 5 heteroatoms. The van der Waals surface area contributed by atoms with Crippen molar-refractivity contribution in [3.05, 3.63) is 11.7 Å². The Morgan fingerprint density at radius 2 is 2.24 bits per heavy atom. The zero-order valence-corrected chi connectivity index (χ0v) is 10.1. The van der Waals surface area contributed by atoms with Crippen LogP contribution in [0.4, 0.5) is 0 Å². The van der Waals surface area contributed by atoms with Crippen LogP contribution in [0.1, 0.15) is 43.8 Å². The Morgan fingerprint density at radius 3 is 2.94 bits per heavy atom. The standard InChI is InChI=1S/C12H18N4O/c1-9-15-12(17-16-9)8-14-11-6-4-2-3-5-10(11)7-13/h10-11,14H,2-6,8H2,1H3. The number of nitrogens with one attached hydrogen (secondary N) is 1. The zero-order valence-electron chi connectivity index (χ0n) is 10.1. The van der Waals surface area contributed by atoms with Gasteiger partial charge in [-0.25, -0.2) is 0 Å². The molecule has 1 aromatic rings. The molecule has 1 fully saturated rings. The topological polar surface area (TPSA) is 74.7 Å². The minimum atomic E-state index is 0.113. The van der Waals surface area contributed by atoms with Crippen LogP contribution in [-0.2, 0) is 6.54 Å². The van der Waals surface area contributed by atoms with E-state index in [4.69, 9.17) is 9.78 Å². The summed E-state index contributed by atoms with van der Waals surface area (Å²) < 4.78 is 5.05. The van der Waals surface area contributed by atoms with Gasteiger partial charge in [-0.15, -0.1) is 0 Å². The average Bonchev–Trinajstić information content (AvgIpc) is 2.63. The molecule has 5 nitrogen and oxygen atoms in total. The number of hydrogen-bond donors (Lipinski definition) is 1. The molecular formula is C12H18N4O. The van der Waals surface area contributed by atoms with Crippen LogP contribution in [0.25, 0.3) is 0 Å². The maximum atomic E-state index is 9.15. The maximum Gasteiger partial charge on any atom is 0.240 e. The van der Waals surface area contributed by atoms with Crippen LogP contribution in [0.5, 0.6) is 0 Å². The highest BCUT2D eigenvalue weighted by atomic mass is 16.5. The van der Waals surface area contributed by atoms with Crippen LogP contribution in [-0.4, -0.2) is 16.2 Å². The lowest BCUT2D eigenvalue weighted by Crippen LogP contribution is -2.34. The van der Waals surface area contributed by atoms with Gasteiger partial charge in [-0.05, 0) is 19.8 Å². The predicted octanol–water partition coefficient (Wildman–Crippen LogP) is 1.94. The van der Waals surface area contributed by atoms with Gasteiger partial charge in [-0.2, -0.15) is 10.2 Å². The van der Waals surface area contributed by atoms with Crippen LogP contribution < -0.4 is 5.32 Å². The fraction of sp³-hybridized carbons (Fsp3) is 0.750. The summed E-state index contributed by atoms with van der Waals surface area (Å²) in [5.74, 6) is 1.37. The fourth-order valence-corrected chi connectivity index (χ4v) is 2.34. The number of nitrogens with zero attached hydrogens (tertiary/aromatic N) is 3. The van der Waals surface area contributed by atoms with E-state index in [1.165, 1.54) is 12.8 Å². The summed E-state index contributed by atoms with van der Waals surface area (Å²) in [6, 6.07) is 2.67. The van der Waals surface area contributed by atoms with Crippen molar-refractivity contribution in [3.8, 4) is 6.07 Å². The second kappa shape index (κ2) is 5.78. The first-order valence-corrected chi connectivity index (χ1v) is 6.22. The first-order chi connectivity index (χ1) is 8.29. The molecule has 0 bridgehead atoms. The molecule has 0 spiro atoms. The predicted molar refractivity (Wildman–Crippen MR) is 61.9 cm³/mol. The second-order valence-electron chi connectivity index (χ2n) is 4.60. The third-order valence-corrected chi connectivity index (χ3v) is 3.27. The van der Waals surface area contributed by atoms with Gasteiger partial charge in [0.25, 0.3) is 0 Å². The Morgan fingerprint density at radius 1 is 1.41 bits per heavy atom. The molecule has 0 aromatic carbocycles. The van der Waals surface area contributed by atoms with Crippen molar-refractivity contribution in [3.63, 3.8) is 0 Å². The summed E-state index contributed by atoms with van der Waals surface area (Å²) in [5.41, 5.74) is 0. The number of hydrogen-bond acceptors (Lipinski definition) is 5. The van der Waals surface area contributed by atoms with Crippen LogP contribution in [0.15, 0.2) is 4.52 Å². The van der Waals surface area contributed by atoms with E-state index in [-0.39, 0.29) is 12.0 Å². The third-order valence-electron chi connectivity index (χ3n) is 3.27. The molecular weight excluding hydrogens is 216 g/mol. The highest BCUT2D eigenvalue weighted by molar-refractivity contribution is 4.94. The molecule has 2 rings (SSSR count). The zero-order chi connectivity index (χ0) is 12.1. The maximum absolute atomic E-state index is 9.15.